The molecular weight excluding hydrogens is 346 g/mol. The van der Waals surface area contributed by atoms with Gasteiger partial charge in [0.25, 0.3) is 0 Å². The first-order chi connectivity index (χ1) is 10.7. The lowest BCUT2D eigenvalue weighted by Gasteiger charge is -2.18. The van der Waals surface area contributed by atoms with E-state index in [0.29, 0.717) is 19.6 Å². The molecule has 0 unspecified atom stereocenters. The summed E-state index contributed by atoms with van der Waals surface area (Å²) in [6.07, 6.45) is 0.439. The second-order valence-corrected chi connectivity index (χ2v) is 5.93. The molecule has 0 aromatic heterocycles. The largest absolute Gasteiger partial charge is 0.491 e. The van der Waals surface area contributed by atoms with E-state index in [0.717, 1.165) is 27.2 Å². The molecule has 1 aliphatic rings. The number of anilines is 2. The number of hydrogen-bond acceptors (Lipinski definition) is 3. The molecule has 0 spiro atoms. The van der Waals surface area contributed by atoms with Gasteiger partial charge in [-0.3, -0.25) is 9.69 Å². The van der Waals surface area contributed by atoms with Crippen molar-refractivity contribution in [3.8, 4) is 5.75 Å². The number of carbonyl (C=O) groups excluding carboxylic acids is 1. The van der Waals surface area contributed by atoms with Gasteiger partial charge in [-0.15, -0.1) is 0 Å². The van der Waals surface area contributed by atoms with Gasteiger partial charge in [0.15, 0.2) is 0 Å². The zero-order chi connectivity index (χ0) is 15.5. The summed E-state index contributed by atoms with van der Waals surface area (Å²) in [6, 6.07) is 13.5. The van der Waals surface area contributed by atoms with Crippen molar-refractivity contribution in [2.75, 3.05) is 25.2 Å². The maximum absolute atomic E-state index is 12.3. The summed E-state index contributed by atoms with van der Waals surface area (Å²) in [5, 5.41) is 0. The highest BCUT2D eigenvalue weighted by molar-refractivity contribution is 9.10. The van der Waals surface area contributed by atoms with Crippen molar-refractivity contribution in [2.24, 2.45) is 0 Å². The summed E-state index contributed by atoms with van der Waals surface area (Å²) < 4.78 is 11.5. The first kappa shape index (κ1) is 15.1. The molecule has 4 nitrogen and oxygen atoms in total. The number of rotatable bonds is 5. The number of benzene rings is 2. The number of ether oxygens (including phenoxy) is 2. The summed E-state index contributed by atoms with van der Waals surface area (Å²) >= 11 is 3.46. The second-order valence-electron chi connectivity index (χ2n) is 5.01. The van der Waals surface area contributed by atoms with Gasteiger partial charge in [-0.2, -0.15) is 0 Å². The highest BCUT2D eigenvalue weighted by atomic mass is 79.9. The molecule has 0 N–H and O–H groups in total. The number of carbonyl (C=O) groups is 1. The van der Waals surface area contributed by atoms with Gasteiger partial charge in [-0.25, -0.2) is 0 Å². The van der Waals surface area contributed by atoms with Crippen molar-refractivity contribution in [3.05, 3.63) is 52.5 Å². The molecule has 0 fully saturated rings. The summed E-state index contributed by atoms with van der Waals surface area (Å²) in [4.78, 5) is 14.1. The second kappa shape index (κ2) is 6.50. The van der Waals surface area contributed by atoms with Crippen LogP contribution in [0.4, 0.5) is 11.4 Å². The van der Waals surface area contributed by atoms with E-state index < -0.39 is 0 Å². The van der Waals surface area contributed by atoms with Gasteiger partial charge in [0.05, 0.1) is 18.7 Å². The lowest BCUT2D eigenvalue weighted by Crippen LogP contribution is -2.20. The average molecular weight is 362 g/mol. The Labute approximate surface area is 137 Å². The van der Waals surface area contributed by atoms with Crippen LogP contribution in [-0.4, -0.2) is 26.2 Å². The molecule has 3 rings (SSSR count). The Balaban J connectivity index is 1.83. The SMILES string of the molecule is COCCOc1ccc(N2C(=O)Cc3ccc(Br)cc32)cc1. The summed E-state index contributed by atoms with van der Waals surface area (Å²) in [6.45, 7) is 1.06. The molecule has 2 aromatic carbocycles. The smallest absolute Gasteiger partial charge is 0.236 e. The quantitative estimate of drug-likeness (QED) is 0.762. The van der Waals surface area contributed by atoms with Gasteiger partial charge in [-0.1, -0.05) is 22.0 Å². The van der Waals surface area contributed by atoms with E-state index >= 15 is 0 Å². The molecule has 2 aromatic rings. The molecule has 1 amide bonds. The van der Waals surface area contributed by atoms with Crippen molar-refractivity contribution in [1.82, 2.24) is 0 Å². The number of amides is 1. The lowest BCUT2D eigenvalue weighted by molar-refractivity contribution is -0.116. The van der Waals surface area contributed by atoms with E-state index in [9.17, 15) is 4.79 Å². The maximum atomic E-state index is 12.3. The van der Waals surface area contributed by atoms with E-state index in [2.05, 4.69) is 15.9 Å². The fourth-order valence-corrected chi connectivity index (χ4v) is 2.84. The number of methoxy groups -OCH3 is 1. The molecule has 1 heterocycles. The van der Waals surface area contributed by atoms with Crippen LogP contribution >= 0.6 is 15.9 Å². The number of hydrogen-bond donors (Lipinski definition) is 0. The third-order valence-electron chi connectivity index (χ3n) is 3.53. The average Bonchev–Trinajstić information content (AvgIpc) is 2.84. The molecule has 0 saturated heterocycles. The van der Waals surface area contributed by atoms with Gasteiger partial charge in [0.1, 0.15) is 12.4 Å². The van der Waals surface area contributed by atoms with E-state index in [1.807, 2.05) is 42.5 Å². The number of nitrogens with zero attached hydrogens (tertiary/aromatic N) is 1. The molecule has 0 atom stereocenters. The topological polar surface area (TPSA) is 38.8 Å². The van der Waals surface area contributed by atoms with Crippen LogP contribution in [-0.2, 0) is 16.0 Å². The Kier molecular flexibility index (Phi) is 4.45. The predicted molar refractivity (Wildman–Crippen MR) is 88.8 cm³/mol. The van der Waals surface area contributed by atoms with Gasteiger partial charge in [-0.05, 0) is 42.0 Å². The highest BCUT2D eigenvalue weighted by Gasteiger charge is 2.28. The minimum atomic E-state index is 0.0844. The van der Waals surface area contributed by atoms with Crippen LogP contribution in [0.5, 0.6) is 5.75 Å². The summed E-state index contributed by atoms with van der Waals surface area (Å²) in [5.74, 6) is 0.850. The monoisotopic (exact) mass is 361 g/mol. The van der Waals surface area contributed by atoms with Crippen LogP contribution in [0.25, 0.3) is 0 Å². The molecule has 1 aliphatic heterocycles. The highest BCUT2D eigenvalue weighted by Crippen LogP contribution is 2.37. The Hall–Kier alpha value is -1.85. The Morgan fingerprint density at radius 3 is 2.64 bits per heavy atom. The van der Waals surface area contributed by atoms with E-state index in [4.69, 9.17) is 9.47 Å². The zero-order valence-electron chi connectivity index (χ0n) is 12.2. The Morgan fingerprint density at radius 2 is 1.91 bits per heavy atom. The Bertz CT molecular complexity index is 685. The van der Waals surface area contributed by atoms with Crippen LogP contribution in [0.2, 0.25) is 0 Å². The van der Waals surface area contributed by atoms with Gasteiger partial charge < -0.3 is 9.47 Å². The van der Waals surface area contributed by atoms with Crippen LogP contribution in [0.15, 0.2) is 46.9 Å². The van der Waals surface area contributed by atoms with E-state index in [1.54, 1.807) is 12.0 Å². The first-order valence-electron chi connectivity index (χ1n) is 7.02. The maximum Gasteiger partial charge on any atom is 0.236 e. The third-order valence-corrected chi connectivity index (χ3v) is 4.02. The van der Waals surface area contributed by atoms with Crippen LogP contribution < -0.4 is 9.64 Å². The molecule has 0 aliphatic carbocycles. The van der Waals surface area contributed by atoms with Crippen molar-refractivity contribution in [3.63, 3.8) is 0 Å². The van der Waals surface area contributed by atoms with Crippen molar-refractivity contribution in [2.45, 2.75) is 6.42 Å². The standard InChI is InChI=1S/C17H16BrNO3/c1-21-8-9-22-15-6-4-14(5-7-15)19-16-11-13(18)3-2-12(16)10-17(19)20/h2-7,11H,8-10H2,1H3. The van der Waals surface area contributed by atoms with E-state index in [-0.39, 0.29) is 5.91 Å². The van der Waals surface area contributed by atoms with Gasteiger partial charge in [0, 0.05) is 17.3 Å². The fraction of sp³-hybridized carbons (Fsp3) is 0.235. The van der Waals surface area contributed by atoms with Crippen molar-refractivity contribution < 1.29 is 14.3 Å². The number of halogens is 1. The third kappa shape index (κ3) is 3.00. The zero-order valence-corrected chi connectivity index (χ0v) is 13.8. The van der Waals surface area contributed by atoms with E-state index in [1.165, 1.54) is 0 Å². The van der Waals surface area contributed by atoms with Crippen LogP contribution in [0, 0.1) is 0 Å². The molecule has 0 saturated carbocycles. The normalized spacial score (nSPS) is 13.4. The Morgan fingerprint density at radius 1 is 1.14 bits per heavy atom. The van der Waals surface area contributed by atoms with Gasteiger partial charge >= 0.3 is 0 Å². The molecule has 5 heteroatoms. The first-order valence-corrected chi connectivity index (χ1v) is 7.81. The summed E-state index contributed by atoms with van der Waals surface area (Å²) in [5.41, 5.74) is 2.84. The molecule has 114 valence electrons. The number of fused-ring (bicyclic) bond motifs is 1. The van der Waals surface area contributed by atoms with Crippen LogP contribution in [0.3, 0.4) is 0 Å². The molecule has 0 radical (unpaired) electrons. The molecular formula is C17H16BrNO3. The minimum absolute atomic E-state index is 0.0844. The molecule has 0 bridgehead atoms. The van der Waals surface area contributed by atoms with Crippen molar-refractivity contribution >= 4 is 33.2 Å². The lowest BCUT2D eigenvalue weighted by atomic mass is 10.2. The van der Waals surface area contributed by atoms with Gasteiger partial charge in [0.2, 0.25) is 5.91 Å². The predicted octanol–water partition coefficient (Wildman–Crippen LogP) is 3.70. The van der Waals surface area contributed by atoms with Crippen LogP contribution in [0.1, 0.15) is 5.56 Å². The molecule has 22 heavy (non-hydrogen) atoms. The summed E-state index contributed by atoms with van der Waals surface area (Å²) in [7, 11) is 1.64. The fourth-order valence-electron chi connectivity index (χ4n) is 2.49. The van der Waals surface area contributed by atoms with Crippen molar-refractivity contribution in [1.29, 1.82) is 0 Å². The minimum Gasteiger partial charge on any atom is -0.491 e.